The lowest BCUT2D eigenvalue weighted by Gasteiger charge is -2.06. The SMILES string of the molecule is CCCCCCCCCCCC(=O)OCc1ccccc1O. The van der Waals surface area contributed by atoms with Gasteiger partial charge in [-0.15, -0.1) is 0 Å². The molecule has 0 fully saturated rings. The Balaban J connectivity index is 1.97. The number of rotatable bonds is 12. The van der Waals surface area contributed by atoms with E-state index in [0.29, 0.717) is 12.0 Å². The molecule has 1 N–H and O–H groups in total. The number of para-hydroxylation sites is 1. The van der Waals surface area contributed by atoms with Crippen LogP contribution in [-0.2, 0) is 16.1 Å². The number of carbonyl (C=O) groups excluding carboxylic acids is 1. The standard InChI is InChI=1S/C19H30O3/c1-2-3-4-5-6-7-8-9-10-15-19(21)22-16-17-13-11-12-14-18(17)20/h11-14,20H,2-10,15-16H2,1H3. The first kappa shape index (κ1) is 18.5. The van der Waals surface area contributed by atoms with Crippen molar-refractivity contribution in [3.8, 4) is 5.75 Å². The van der Waals surface area contributed by atoms with Gasteiger partial charge in [-0.1, -0.05) is 76.5 Å². The van der Waals surface area contributed by atoms with Gasteiger partial charge in [-0.2, -0.15) is 0 Å². The van der Waals surface area contributed by atoms with Crippen LogP contribution in [0.5, 0.6) is 5.75 Å². The van der Waals surface area contributed by atoms with E-state index in [4.69, 9.17) is 4.74 Å². The van der Waals surface area contributed by atoms with Crippen LogP contribution in [0.4, 0.5) is 0 Å². The summed E-state index contributed by atoms with van der Waals surface area (Å²) in [5, 5.41) is 9.58. The number of unbranched alkanes of at least 4 members (excludes halogenated alkanes) is 8. The number of esters is 1. The Bertz CT molecular complexity index is 415. The molecule has 0 bridgehead atoms. The van der Waals surface area contributed by atoms with E-state index in [0.717, 1.165) is 12.8 Å². The molecule has 1 rings (SSSR count). The predicted octanol–water partition coefficient (Wildman–Crippen LogP) is 5.36. The number of benzene rings is 1. The van der Waals surface area contributed by atoms with E-state index in [9.17, 15) is 9.90 Å². The molecular formula is C19H30O3. The monoisotopic (exact) mass is 306 g/mol. The predicted molar refractivity (Wildman–Crippen MR) is 89.7 cm³/mol. The normalized spacial score (nSPS) is 10.6. The third-order valence-corrected chi connectivity index (χ3v) is 3.86. The zero-order valence-corrected chi connectivity index (χ0v) is 13.9. The number of aromatic hydroxyl groups is 1. The van der Waals surface area contributed by atoms with Crippen LogP contribution in [-0.4, -0.2) is 11.1 Å². The van der Waals surface area contributed by atoms with Crippen molar-refractivity contribution in [3.05, 3.63) is 29.8 Å². The molecule has 1 aromatic carbocycles. The van der Waals surface area contributed by atoms with E-state index < -0.39 is 0 Å². The lowest BCUT2D eigenvalue weighted by molar-refractivity contribution is -0.145. The minimum absolute atomic E-state index is 0.156. The van der Waals surface area contributed by atoms with Crippen molar-refractivity contribution in [3.63, 3.8) is 0 Å². The van der Waals surface area contributed by atoms with Gasteiger partial charge in [-0.05, 0) is 12.5 Å². The summed E-state index contributed by atoms with van der Waals surface area (Å²) >= 11 is 0. The average Bonchev–Trinajstić information content (AvgIpc) is 2.52. The lowest BCUT2D eigenvalue weighted by Crippen LogP contribution is -2.04. The van der Waals surface area contributed by atoms with Crippen molar-refractivity contribution in [1.82, 2.24) is 0 Å². The Kier molecular flexibility index (Phi) is 10.2. The molecule has 3 heteroatoms. The van der Waals surface area contributed by atoms with Crippen molar-refractivity contribution in [2.75, 3.05) is 0 Å². The zero-order valence-electron chi connectivity index (χ0n) is 13.9. The van der Waals surface area contributed by atoms with E-state index in [2.05, 4.69) is 6.92 Å². The minimum Gasteiger partial charge on any atom is -0.508 e. The number of hydrogen-bond donors (Lipinski definition) is 1. The van der Waals surface area contributed by atoms with Crippen LogP contribution >= 0.6 is 0 Å². The van der Waals surface area contributed by atoms with Gasteiger partial charge in [0.15, 0.2) is 0 Å². The Labute approximate surface area is 134 Å². The van der Waals surface area contributed by atoms with Crippen molar-refractivity contribution in [1.29, 1.82) is 0 Å². The molecule has 3 nitrogen and oxygen atoms in total. The van der Waals surface area contributed by atoms with Crippen molar-refractivity contribution < 1.29 is 14.6 Å². The van der Waals surface area contributed by atoms with E-state index in [1.54, 1.807) is 18.2 Å². The highest BCUT2D eigenvalue weighted by Gasteiger charge is 2.05. The number of carbonyl (C=O) groups is 1. The van der Waals surface area contributed by atoms with E-state index in [1.165, 1.54) is 44.9 Å². The van der Waals surface area contributed by atoms with Gasteiger partial charge in [0, 0.05) is 12.0 Å². The van der Waals surface area contributed by atoms with Gasteiger partial charge in [0.25, 0.3) is 0 Å². The number of hydrogen-bond acceptors (Lipinski definition) is 3. The summed E-state index contributed by atoms with van der Waals surface area (Å²) in [5.41, 5.74) is 0.655. The summed E-state index contributed by atoms with van der Waals surface area (Å²) in [6.45, 7) is 2.39. The fourth-order valence-electron chi connectivity index (χ4n) is 2.44. The third kappa shape index (κ3) is 8.71. The first-order chi connectivity index (χ1) is 10.7. The third-order valence-electron chi connectivity index (χ3n) is 3.86. The van der Waals surface area contributed by atoms with Crippen LogP contribution in [0.2, 0.25) is 0 Å². The molecule has 0 aliphatic heterocycles. The maximum absolute atomic E-state index is 11.6. The van der Waals surface area contributed by atoms with Crippen LogP contribution in [0.3, 0.4) is 0 Å². The van der Waals surface area contributed by atoms with E-state index in [1.807, 2.05) is 6.07 Å². The van der Waals surface area contributed by atoms with Crippen molar-refractivity contribution >= 4 is 5.97 Å². The van der Waals surface area contributed by atoms with Crippen molar-refractivity contribution in [2.24, 2.45) is 0 Å². The molecule has 0 amide bonds. The second kappa shape index (κ2) is 12.1. The molecular weight excluding hydrogens is 276 g/mol. The highest BCUT2D eigenvalue weighted by Crippen LogP contribution is 2.17. The van der Waals surface area contributed by atoms with Gasteiger partial charge < -0.3 is 9.84 Å². The van der Waals surface area contributed by atoms with Crippen LogP contribution in [0.1, 0.15) is 76.7 Å². The Hall–Kier alpha value is -1.51. The van der Waals surface area contributed by atoms with Gasteiger partial charge in [-0.25, -0.2) is 0 Å². The average molecular weight is 306 g/mol. The lowest BCUT2D eigenvalue weighted by atomic mass is 10.1. The highest BCUT2D eigenvalue weighted by molar-refractivity contribution is 5.69. The van der Waals surface area contributed by atoms with Crippen LogP contribution in [0.15, 0.2) is 24.3 Å². The second-order valence-corrected chi connectivity index (χ2v) is 5.87. The molecule has 0 aromatic heterocycles. The topological polar surface area (TPSA) is 46.5 Å². The van der Waals surface area contributed by atoms with Gasteiger partial charge >= 0.3 is 5.97 Å². The largest absolute Gasteiger partial charge is 0.508 e. The fraction of sp³-hybridized carbons (Fsp3) is 0.632. The summed E-state index contributed by atoms with van der Waals surface area (Å²) in [6.07, 6.45) is 11.6. The Morgan fingerprint density at radius 1 is 0.955 bits per heavy atom. The number of ether oxygens (including phenoxy) is 1. The minimum atomic E-state index is -0.175. The summed E-state index contributed by atoms with van der Waals surface area (Å²) in [6, 6.07) is 6.94. The molecule has 0 aliphatic rings. The molecule has 1 aromatic rings. The molecule has 0 heterocycles. The molecule has 0 saturated heterocycles. The fourth-order valence-corrected chi connectivity index (χ4v) is 2.44. The smallest absolute Gasteiger partial charge is 0.306 e. The first-order valence-electron chi connectivity index (χ1n) is 8.66. The van der Waals surface area contributed by atoms with E-state index in [-0.39, 0.29) is 18.3 Å². The highest BCUT2D eigenvalue weighted by atomic mass is 16.5. The maximum Gasteiger partial charge on any atom is 0.306 e. The molecule has 0 spiro atoms. The molecule has 0 unspecified atom stereocenters. The molecule has 22 heavy (non-hydrogen) atoms. The first-order valence-corrected chi connectivity index (χ1v) is 8.66. The van der Waals surface area contributed by atoms with Gasteiger partial charge in [0.1, 0.15) is 12.4 Å². The van der Waals surface area contributed by atoms with Gasteiger partial charge in [0.05, 0.1) is 0 Å². The quantitative estimate of drug-likeness (QED) is 0.418. The van der Waals surface area contributed by atoms with Crippen LogP contribution in [0, 0.1) is 0 Å². The molecule has 0 radical (unpaired) electrons. The Morgan fingerprint density at radius 2 is 1.55 bits per heavy atom. The summed E-state index contributed by atoms with van der Waals surface area (Å²) in [4.78, 5) is 11.6. The van der Waals surface area contributed by atoms with Gasteiger partial charge in [-0.3, -0.25) is 4.79 Å². The summed E-state index contributed by atoms with van der Waals surface area (Å²) in [7, 11) is 0. The number of phenolic OH excluding ortho intramolecular Hbond substituents is 1. The molecule has 124 valence electrons. The molecule has 0 aliphatic carbocycles. The van der Waals surface area contributed by atoms with Crippen molar-refractivity contribution in [2.45, 2.75) is 77.7 Å². The molecule has 0 saturated carbocycles. The van der Waals surface area contributed by atoms with E-state index >= 15 is 0 Å². The summed E-state index contributed by atoms with van der Waals surface area (Å²) < 4.78 is 5.18. The molecule has 0 atom stereocenters. The Morgan fingerprint density at radius 3 is 2.18 bits per heavy atom. The summed E-state index contributed by atoms with van der Waals surface area (Å²) in [5.74, 6) is 0.00423. The second-order valence-electron chi connectivity index (χ2n) is 5.87. The van der Waals surface area contributed by atoms with Gasteiger partial charge in [0.2, 0.25) is 0 Å². The maximum atomic E-state index is 11.6. The zero-order chi connectivity index (χ0) is 16.0. The van der Waals surface area contributed by atoms with Crippen LogP contribution < -0.4 is 0 Å². The number of phenols is 1. The van der Waals surface area contributed by atoms with Crippen LogP contribution in [0.25, 0.3) is 0 Å².